The Kier molecular flexibility index (Phi) is 6.04. The fourth-order valence-corrected chi connectivity index (χ4v) is 4.15. The van der Waals surface area contributed by atoms with Crippen LogP contribution in [0.1, 0.15) is 38.2 Å². The fourth-order valence-electron chi connectivity index (χ4n) is 4.15. The number of carbonyl (C=O) groups excluding carboxylic acids is 1. The van der Waals surface area contributed by atoms with Gasteiger partial charge in [-0.3, -0.25) is 4.79 Å². The van der Waals surface area contributed by atoms with E-state index in [1.165, 1.54) is 17.5 Å². The second kappa shape index (κ2) is 8.44. The predicted octanol–water partition coefficient (Wildman–Crippen LogP) is 4.90. The summed E-state index contributed by atoms with van der Waals surface area (Å²) in [5.74, 6) is 1.02. The molecule has 1 N–H and O–H groups in total. The van der Waals surface area contributed by atoms with Gasteiger partial charge in [0, 0.05) is 18.9 Å². The lowest BCUT2D eigenvalue weighted by atomic mass is 9.70. The second-order valence-corrected chi connectivity index (χ2v) is 7.42. The van der Waals surface area contributed by atoms with E-state index in [1.807, 2.05) is 18.2 Å². The normalized spacial score (nSPS) is 21.7. The van der Waals surface area contributed by atoms with E-state index in [9.17, 15) is 9.90 Å². The van der Waals surface area contributed by atoms with Crippen molar-refractivity contribution in [1.82, 2.24) is 0 Å². The summed E-state index contributed by atoms with van der Waals surface area (Å²) in [6, 6.07) is 18.7. The van der Waals surface area contributed by atoms with Crippen molar-refractivity contribution in [3.63, 3.8) is 0 Å². The average Bonchev–Trinajstić information content (AvgIpc) is 2.68. The lowest BCUT2D eigenvalue weighted by molar-refractivity contribution is -0.126. The molecule has 3 unspecified atom stereocenters. The maximum Gasteiger partial charge on any atom is 0.140 e. The number of aliphatic hydroxyl groups excluding tert-OH is 1. The maximum atomic E-state index is 12.9. The quantitative estimate of drug-likeness (QED) is 0.814. The van der Waals surface area contributed by atoms with Gasteiger partial charge < -0.3 is 5.11 Å². The molecule has 1 fully saturated rings. The highest BCUT2D eigenvalue weighted by atomic mass is 16.3. The van der Waals surface area contributed by atoms with Gasteiger partial charge in [0.1, 0.15) is 5.78 Å². The van der Waals surface area contributed by atoms with Crippen molar-refractivity contribution >= 4 is 5.78 Å². The van der Waals surface area contributed by atoms with Crippen molar-refractivity contribution in [2.75, 3.05) is 6.61 Å². The molecule has 0 radical (unpaired) electrons. The number of rotatable bonds is 6. The standard InChI is InChI=1S/C23H28O2/c1-17(16-24)21-9-5-6-10-22(21)23(25)15-18-11-13-20(14-12-18)19-7-3-2-4-8-19/h2-4,7-8,11-14,17,21-22,24H,5-6,9-10,15-16H2,1H3. The molecule has 0 aliphatic heterocycles. The predicted molar refractivity (Wildman–Crippen MR) is 102 cm³/mol. The first kappa shape index (κ1) is 17.9. The van der Waals surface area contributed by atoms with Crippen LogP contribution in [0.3, 0.4) is 0 Å². The molecule has 25 heavy (non-hydrogen) atoms. The van der Waals surface area contributed by atoms with Crippen LogP contribution in [0.15, 0.2) is 54.6 Å². The van der Waals surface area contributed by atoms with Crippen molar-refractivity contribution in [2.24, 2.45) is 17.8 Å². The Morgan fingerprint density at radius 3 is 2.32 bits per heavy atom. The highest BCUT2D eigenvalue weighted by Crippen LogP contribution is 2.36. The summed E-state index contributed by atoms with van der Waals surface area (Å²) in [6.45, 7) is 2.26. The van der Waals surface area contributed by atoms with Gasteiger partial charge in [0.05, 0.1) is 0 Å². The molecule has 3 atom stereocenters. The number of Topliss-reactive ketones (excluding diaryl/α,β-unsaturated/α-hetero) is 1. The minimum absolute atomic E-state index is 0.115. The highest BCUT2D eigenvalue weighted by Gasteiger charge is 2.33. The molecule has 0 heterocycles. The molecule has 0 aromatic heterocycles. The van der Waals surface area contributed by atoms with E-state index in [1.54, 1.807) is 0 Å². The highest BCUT2D eigenvalue weighted by molar-refractivity contribution is 5.83. The van der Waals surface area contributed by atoms with Crippen LogP contribution < -0.4 is 0 Å². The smallest absolute Gasteiger partial charge is 0.140 e. The molecule has 0 bridgehead atoms. The van der Waals surface area contributed by atoms with Gasteiger partial charge in [-0.2, -0.15) is 0 Å². The summed E-state index contributed by atoms with van der Waals surface area (Å²) in [7, 11) is 0. The summed E-state index contributed by atoms with van der Waals surface area (Å²) in [4.78, 5) is 12.9. The number of hydrogen-bond acceptors (Lipinski definition) is 2. The Morgan fingerprint density at radius 2 is 1.64 bits per heavy atom. The molecule has 2 heteroatoms. The average molecular weight is 336 g/mol. The van der Waals surface area contributed by atoms with Crippen LogP contribution in [0.25, 0.3) is 11.1 Å². The van der Waals surface area contributed by atoms with E-state index in [0.29, 0.717) is 18.1 Å². The summed E-state index contributed by atoms with van der Waals surface area (Å²) in [5.41, 5.74) is 3.47. The minimum atomic E-state index is 0.115. The van der Waals surface area contributed by atoms with Gasteiger partial charge >= 0.3 is 0 Å². The molecule has 2 nitrogen and oxygen atoms in total. The molecule has 0 saturated heterocycles. The molecule has 2 aromatic carbocycles. The number of carbonyl (C=O) groups is 1. The second-order valence-electron chi connectivity index (χ2n) is 7.42. The lowest BCUT2D eigenvalue weighted by Gasteiger charge is -2.34. The molecule has 2 aromatic rings. The van der Waals surface area contributed by atoms with Crippen LogP contribution >= 0.6 is 0 Å². The summed E-state index contributed by atoms with van der Waals surface area (Å²) < 4.78 is 0. The SMILES string of the molecule is CC(CO)C1CCCCC1C(=O)Cc1ccc(-c2ccccc2)cc1. The minimum Gasteiger partial charge on any atom is -0.396 e. The Hall–Kier alpha value is -1.93. The van der Waals surface area contributed by atoms with E-state index < -0.39 is 0 Å². The molecular formula is C23H28O2. The first-order chi connectivity index (χ1) is 12.2. The van der Waals surface area contributed by atoms with Crippen molar-refractivity contribution in [2.45, 2.75) is 39.0 Å². The van der Waals surface area contributed by atoms with E-state index >= 15 is 0 Å². The zero-order chi connectivity index (χ0) is 17.6. The summed E-state index contributed by atoms with van der Waals surface area (Å²) >= 11 is 0. The van der Waals surface area contributed by atoms with Crippen LogP contribution in [-0.2, 0) is 11.2 Å². The van der Waals surface area contributed by atoms with Gasteiger partial charge in [0.25, 0.3) is 0 Å². The number of ketones is 1. The van der Waals surface area contributed by atoms with Crippen molar-refractivity contribution in [3.8, 4) is 11.1 Å². The molecule has 1 aliphatic carbocycles. The molecule has 0 amide bonds. The molecule has 1 aliphatic rings. The van der Waals surface area contributed by atoms with Gasteiger partial charge in [-0.15, -0.1) is 0 Å². The van der Waals surface area contributed by atoms with Gasteiger partial charge in [-0.1, -0.05) is 74.4 Å². The maximum absolute atomic E-state index is 12.9. The first-order valence-electron chi connectivity index (χ1n) is 9.47. The van der Waals surface area contributed by atoms with E-state index in [-0.39, 0.29) is 18.4 Å². The Bertz CT molecular complexity index is 675. The van der Waals surface area contributed by atoms with Crippen LogP contribution in [0.2, 0.25) is 0 Å². The number of benzene rings is 2. The zero-order valence-electron chi connectivity index (χ0n) is 15.0. The first-order valence-corrected chi connectivity index (χ1v) is 9.47. The molecule has 3 rings (SSSR count). The molecule has 0 spiro atoms. The van der Waals surface area contributed by atoms with Gasteiger partial charge in [0.2, 0.25) is 0 Å². The van der Waals surface area contributed by atoms with E-state index in [4.69, 9.17) is 0 Å². The Balaban J connectivity index is 1.68. The third-order valence-corrected chi connectivity index (χ3v) is 5.69. The molecule has 1 saturated carbocycles. The van der Waals surface area contributed by atoms with Crippen molar-refractivity contribution < 1.29 is 9.90 Å². The van der Waals surface area contributed by atoms with Crippen LogP contribution in [0, 0.1) is 17.8 Å². The third-order valence-electron chi connectivity index (χ3n) is 5.69. The zero-order valence-corrected chi connectivity index (χ0v) is 15.0. The van der Waals surface area contributed by atoms with E-state index in [2.05, 4.69) is 43.3 Å². The molecular weight excluding hydrogens is 308 g/mol. The van der Waals surface area contributed by atoms with Crippen molar-refractivity contribution in [1.29, 1.82) is 0 Å². The van der Waals surface area contributed by atoms with Gasteiger partial charge in [-0.25, -0.2) is 0 Å². The van der Waals surface area contributed by atoms with Crippen LogP contribution in [0.4, 0.5) is 0 Å². The van der Waals surface area contributed by atoms with Crippen molar-refractivity contribution in [3.05, 3.63) is 60.2 Å². The Morgan fingerprint density at radius 1 is 1.00 bits per heavy atom. The number of hydrogen-bond donors (Lipinski definition) is 1. The molecule has 132 valence electrons. The van der Waals surface area contributed by atoms with Crippen LogP contribution in [-0.4, -0.2) is 17.5 Å². The lowest BCUT2D eigenvalue weighted by Crippen LogP contribution is -2.33. The fraction of sp³-hybridized carbons (Fsp3) is 0.435. The van der Waals surface area contributed by atoms with E-state index in [0.717, 1.165) is 24.8 Å². The van der Waals surface area contributed by atoms with Gasteiger partial charge in [-0.05, 0) is 41.4 Å². The van der Waals surface area contributed by atoms with Crippen LogP contribution in [0.5, 0.6) is 0 Å². The number of aliphatic hydroxyl groups is 1. The largest absolute Gasteiger partial charge is 0.396 e. The topological polar surface area (TPSA) is 37.3 Å². The van der Waals surface area contributed by atoms with Gasteiger partial charge in [0.15, 0.2) is 0 Å². The third kappa shape index (κ3) is 4.38. The Labute approximate surface area is 150 Å². The summed E-state index contributed by atoms with van der Waals surface area (Å²) in [6.07, 6.45) is 4.89. The summed E-state index contributed by atoms with van der Waals surface area (Å²) in [5, 5.41) is 9.50. The monoisotopic (exact) mass is 336 g/mol.